The van der Waals surface area contributed by atoms with Gasteiger partial charge >= 0.3 is 0 Å². The Labute approximate surface area is 272 Å². The van der Waals surface area contributed by atoms with Crippen LogP contribution in [0.4, 0.5) is 5.69 Å². The van der Waals surface area contributed by atoms with Crippen LogP contribution in [-0.2, 0) is 32.6 Å². The Hall–Kier alpha value is -4.63. The second-order valence-corrected chi connectivity index (χ2v) is 13.6. The highest BCUT2D eigenvalue weighted by atomic mass is 32.2. The number of aryl methyl sites for hydroxylation is 1. The van der Waals surface area contributed by atoms with Crippen molar-refractivity contribution in [1.29, 1.82) is 0 Å². The molecule has 0 aliphatic heterocycles. The molecule has 4 aromatic rings. The third-order valence-electron chi connectivity index (χ3n) is 8.41. The largest absolute Gasteiger partial charge is 0.495 e. The number of rotatable bonds is 13. The molecule has 1 fully saturated rings. The van der Waals surface area contributed by atoms with E-state index < -0.39 is 28.5 Å². The zero-order valence-corrected chi connectivity index (χ0v) is 27.2. The van der Waals surface area contributed by atoms with Crippen molar-refractivity contribution in [3.63, 3.8) is 0 Å². The Morgan fingerprint density at radius 3 is 2.09 bits per heavy atom. The molecule has 8 nitrogen and oxygen atoms in total. The second-order valence-electron chi connectivity index (χ2n) is 11.7. The van der Waals surface area contributed by atoms with Crippen LogP contribution < -0.4 is 14.4 Å². The van der Waals surface area contributed by atoms with Gasteiger partial charge in [0.1, 0.15) is 18.3 Å². The lowest BCUT2D eigenvalue weighted by Gasteiger charge is -2.34. The Kier molecular flexibility index (Phi) is 10.8. The first kappa shape index (κ1) is 32.8. The molecule has 1 aliphatic carbocycles. The Balaban J connectivity index is 1.58. The van der Waals surface area contributed by atoms with Crippen molar-refractivity contribution in [2.75, 3.05) is 18.0 Å². The summed E-state index contributed by atoms with van der Waals surface area (Å²) in [6.07, 6.45) is 4.16. The average molecular weight is 640 g/mol. The molecule has 2 amide bonds. The molecule has 1 atom stereocenters. The van der Waals surface area contributed by atoms with Crippen molar-refractivity contribution >= 4 is 27.5 Å². The Morgan fingerprint density at radius 2 is 1.43 bits per heavy atom. The first-order chi connectivity index (χ1) is 22.3. The first-order valence-electron chi connectivity index (χ1n) is 15.7. The minimum Gasteiger partial charge on any atom is -0.495 e. The predicted molar refractivity (Wildman–Crippen MR) is 180 cm³/mol. The molecule has 0 heterocycles. The van der Waals surface area contributed by atoms with E-state index in [2.05, 4.69) is 5.32 Å². The molecule has 0 unspecified atom stereocenters. The van der Waals surface area contributed by atoms with E-state index in [1.54, 1.807) is 42.5 Å². The number of nitrogens with one attached hydrogen (secondary N) is 1. The number of para-hydroxylation sites is 2. The van der Waals surface area contributed by atoms with Crippen LogP contribution in [0.1, 0.15) is 42.4 Å². The minimum absolute atomic E-state index is 0.0404. The van der Waals surface area contributed by atoms with Crippen molar-refractivity contribution in [3.8, 4) is 5.75 Å². The third kappa shape index (κ3) is 7.95. The number of hydrogen-bond donors (Lipinski definition) is 1. The summed E-state index contributed by atoms with van der Waals surface area (Å²) in [4.78, 5) is 30.3. The van der Waals surface area contributed by atoms with Crippen molar-refractivity contribution in [3.05, 3.63) is 126 Å². The van der Waals surface area contributed by atoms with Gasteiger partial charge in [0, 0.05) is 19.0 Å². The molecule has 4 aromatic carbocycles. The molecule has 240 valence electrons. The van der Waals surface area contributed by atoms with E-state index in [0.717, 1.165) is 46.7 Å². The van der Waals surface area contributed by atoms with Crippen molar-refractivity contribution < 1.29 is 22.7 Å². The molecule has 0 spiro atoms. The number of sulfonamides is 1. The molecule has 9 heteroatoms. The molecule has 1 aliphatic rings. The fourth-order valence-electron chi connectivity index (χ4n) is 5.88. The molecule has 46 heavy (non-hydrogen) atoms. The summed E-state index contributed by atoms with van der Waals surface area (Å²) in [5.41, 5.74) is 3.03. The zero-order chi connectivity index (χ0) is 32.5. The zero-order valence-electron chi connectivity index (χ0n) is 26.3. The van der Waals surface area contributed by atoms with Gasteiger partial charge in [-0.25, -0.2) is 8.42 Å². The monoisotopic (exact) mass is 639 g/mol. The molecular weight excluding hydrogens is 598 g/mol. The van der Waals surface area contributed by atoms with Gasteiger partial charge in [0.25, 0.3) is 10.0 Å². The second kappa shape index (κ2) is 15.1. The molecule has 1 saturated carbocycles. The highest BCUT2D eigenvalue weighted by molar-refractivity contribution is 7.92. The molecule has 0 saturated heterocycles. The molecule has 0 radical (unpaired) electrons. The van der Waals surface area contributed by atoms with E-state index >= 15 is 0 Å². The van der Waals surface area contributed by atoms with E-state index in [9.17, 15) is 18.0 Å². The van der Waals surface area contributed by atoms with E-state index in [4.69, 9.17) is 4.74 Å². The summed E-state index contributed by atoms with van der Waals surface area (Å²) < 4.78 is 35.0. The topological polar surface area (TPSA) is 96.0 Å². The number of anilines is 1. The lowest BCUT2D eigenvalue weighted by atomic mass is 10.0. The fraction of sp³-hybridized carbons (Fsp3) is 0.297. The number of amides is 2. The van der Waals surface area contributed by atoms with Crippen molar-refractivity contribution in [2.45, 2.75) is 62.6 Å². The molecule has 5 rings (SSSR count). The summed E-state index contributed by atoms with van der Waals surface area (Å²) >= 11 is 0. The molecule has 0 aromatic heterocycles. The highest BCUT2D eigenvalue weighted by Gasteiger charge is 2.36. The van der Waals surface area contributed by atoms with E-state index in [1.807, 2.05) is 61.5 Å². The van der Waals surface area contributed by atoms with Crippen LogP contribution in [0.3, 0.4) is 0 Å². The summed E-state index contributed by atoms with van der Waals surface area (Å²) in [5, 5.41) is 3.20. The maximum atomic E-state index is 14.6. The van der Waals surface area contributed by atoms with Gasteiger partial charge in [-0.15, -0.1) is 0 Å². The minimum atomic E-state index is -4.21. The van der Waals surface area contributed by atoms with E-state index in [0.29, 0.717) is 5.75 Å². The van der Waals surface area contributed by atoms with Crippen LogP contribution in [-0.4, -0.2) is 50.9 Å². The van der Waals surface area contributed by atoms with Gasteiger partial charge in [-0.3, -0.25) is 13.9 Å². The summed E-state index contributed by atoms with van der Waals surface area (Å²) in [6, 6.07) is 31.3. The van der Waals surface area contributed by atoms with Crippen LogP contribution in [0.2, 0.25) is 0 Å². The van der Waals surface area contributed by atoms with Gasteiger partial charge in [0.2, 0.25) is 11.8 Å². The lowest BCUT2D eigenvalue weighted by Crippen LogP contribution is -2.54. The summed E-state index contributed by atoms with van der Waals surface area (Å²) in [6.45, 7) is 1.57. The Bertz CT molecular complexity index is 1710. The smallest absolute Gasteiger partial charge is 0.264 e. The maximum absolute atomic E-state index is 14.6. The fourth-order valence-corrected chi connectivity index (χ4v) is 7.33. The third-order valence-corrected chi connectivity index (χ3v) is 10.2. The van der Waals surface area contributed by atoms with E-state index in [-0.39, 0.29) is 35.5 Å². The lowest BCUT2D eigenvalue weighted by molar-refractivity contribution is -0.140. The molecule has 0 bridgehead atoms. The van der Waals surface area contributed by atoms with Gasteiger partial charge in [-0.05, 0) is 55.2 Å². The number of methoxy groups -OCH3 is 1. The molecule has 1 N–H and O–H groups in total. The van der Waals surface area contributed by atoms with Crippen molar-refractivity contribution in [2.24, 2.45) is 0 Å². The van der Waals surface area contributed by atoms with Gasteiger partial charge in [-0.2, -0.15) is 0 Å². The van der Waals surface area contributed by atoms with Gasteiger partial charge in [0.05, 0.1) is 17.7 Å². The highest BCUT2D eigenvalue weighted by Crippen LogP contribution is 2.32. The Morgan fingerprint density at radius 1 is 0.826 bits per heavy atom. The number of carbonyl (C=O) groups excluding carboxylic acids is 2. The van der Waals surface area contributed by atoms with Crippen LogP contribution >= 0.6 is 0 Å². The van der Waals surface area contributed by atoms with E-state index in [1.165, 1.54) is 24.1 Å². The van der Waals surface area contributed by atoms with Crippen LogP contribution in [0.25, 0.3) is 0 Å². The first-order valence-corrected chi connectivity index (χ1v) is 17.1. The quantitative estimate of drug-likeness (QED) is 0.197. The van der Waals surface area contributed by atoms with Crippen molar-refractivity contribution in [1.82, 2.24) is 10.2 Å². The molecular formula is C37H41N3O5S. The average Bonchev–Trinajstić information content (AvgIpc) is 3.59. The summed E-state index contributed by atoms with van der Waals surface area (Å²) in [5.74, 6) is -0.445. The summed E-state index contributed by atoms with van der Waals surface area (Å²) in [7, 11) is -2.75. The number of hydrogen-bond acceptors (Lipinski definition) is 5. The number of nitrogens with zero attached hydrogens (tertiary/aromatic N) is 2. The number of benzene rings is 4. The van der Waals surface area contributed by atoms with Gasteiger partial charge < -0.3 is 15.0 Å². The van der Waals surface area contributed by atoms with Gasteiger partial charge in [0.15, 0.2) is 0 Å². The van der Waals surface area contributed by atoms with Crippen LogP contribution in [0, 0.1) is 6.92 Å². The van der Waals surface area contributed by atoms with Crippen LogP contribution in [0.15, 0.2) is 114 Å². The normalized spacial score (nSPS) is 14.0. The maximum Gasteiger partial charge on any atom is 0.264 e. The number of ether oxygens (including phenoxy) is 1. The van der Waals surface area contributed by atoms with Gasteiger partial charge in [-0.1, -0.05) is 103 Å². The van der Waals surface area contributed by atoms with Crippen LogP contribution in [0.5, 0.6) is 5.75 Å². The SMILES string of the molecule is COc1ccccc1N(CC(=O)N(Cc1ccc(C)cc1)[C@H](Cc1ccccc1)C(=O)NC1CCCC1)S(=O)(=O)c1ccccc1. The standard InChI is InChI=1S/C37H41N3O5S/c1-28-21-23-30(24-22-28)26-39(34(25-29-13-5-3-6-14-29)37(42)38-31-15-9-10-16-31)36(41)27-40(33-19-11-12-20-35(33)45-2)46(43,44)32-17-7-4-8-18-32/h3-8,11-14,17-24,31,34H,9-10,15-16,25-27H2,1-2H3,(H,38,42)/t34-/m1/s1. The predicted octanol–water partition coefficient (Wildman–Crippen LogP) is 5.90. The number of carbonyl (C=O) groups is 2.